The van der Waals surface area contributed by atoms with E-state index in [1.165, 1.54) is 24.9 Å². The third-order valence-electron chi connectivity index (χ3n) is 4.15. The molecule has 0 atom stereocenters. The first kappa shape index (κ1) is 21.8. The van der Waals surface area contributed by atoms with Gasteiger partial charge in [0.15, 0.2) is 11.6 Å². The molecule has 3 rings (SSSR count). The van der Waals surface area contributed by atoms with Crippen molar-refractivity contribution in [3.8, 4) is 5.75 Å². The Hall–Kier alpha value is -2.91. The maximum atomic E-state index is 11.2. The number of aromatic nitrogens is 3. The standard InChI is InChI=1S/C20H20ClN5O3S/c1-3-4-19-23-24-20(30-13-14-5-8-16(21)9-6-14)25(19)22-12-15-7-10-18(29-2)17(11-15)26(27)28/h5-12H,3-4,13H2,1-2H3/b22-12+. The number of methoxy groups -OCH3 is 1. The van der Waals surface area contributed by atoms with Crippen molar-refractivity contribution < 1.29 is 9.66 Å². The van der Waals surface area contributed by atoms with Gasteiger partial charge >= 0.3 is 5.69 Å². The van der Waals surface area contributed by atoms with Crippen LogP contribution in [0.15, 0.2) is 52.7 Å². The normalized spacial score (nSPS) is 11.2. The highest BCUT2D eigenvalue weighted by atomic mass is 35.5. The Morgan fingerprint density at radius 3 is 2.70 bits per heavy atom. The van der Waals surface area contributed by atoms with E-state index in [0.717, 1.165) is 17.8 Å². The molecule has 0 N–H and O–H groups in total. The molecule has 0 aliphatic carbocycles. The molecular weight excluding hydrogens is 426 g/mol. The number of nitro benzene ring substituents is 1. The van der Waals surface area contributed by atoms with Crippen LogP contribution in [-0.4, -0.2) is 33.1 Å². The van der Waals surface area contributed by atoms with Crippen LogP contribution < -0.4 is 4.74 Å². The first-order valence-corrected chi connectivity index (χ1v) is 10.6. The smallest absolute Gasteiger partial charge is 0.311 e. The Kier molecular flexibility index (Phi) is 7.42. The molecule has 1 aromatic heterocycles. The zero-order chi connectivity index (χ0) is 21.5. The average molecular weight is 446 g/mol. The van der Waals surface area contributed by atoms with E-state index in [9.17, 15) is 10.1 Å². The molecule has 8 nitrogen and oxygen atoms in total. The van der Waals surface area contributed by atoms with Crippen LogP contribution in [0.2, 0.25) is 5.02 Å². The molecule has 0 spiro atoms. The van der Waals surface area contributed by atoms with Gasteiger partial charge in [-0.1, -0.05) is 42.4 Å². The van der Waals surface area contributed by atoms with Gasteiger partial charge in [0.05, 0.1) is 18.2 Å². The van der Waals surface area contributed by atoms with Crippen LogP contribution in [0.3, 0.4) is 0 Å². The molecule has 0 saturated carbocycles. The van der Waals surface area contributed by atoms with Crippen molar-refractivity contribution in [1.29, 1.82) is 0 Å². The van der Waals surface area contributed by atoms with Gasteiger partial charge in [0.25, 0.3) is 0 Å². The first-order chi connectivity index (χ1) is 14.5. The largest absolute Gasteiger partial charge is 0.490 e. The lowest BCUT2D eigenvalue weighted by Crippen LogP contribution is -2.01. The second-order valence-electron chi connectivity index (χ2n) is 6.31. The minimum atomic E-state index is -0.481. The molecule has 156 valence electrons. The number of hydrogen-bond acceptors (Lipinski definition) is 7. The fourth-order valence-electron chi connectivity index (χ4n) is 2.66. The summed E-state index contributed by atoms with van der Waals surface area (Å²) in [6, 6.07) is 12.3. The number of halogens is 1. The van der Waals surface area contributed by atoms with Gasteiger partial charge in [0.2, 0.25) is 5.16 Å². The number of nitrogens with zero attached hydrogens (tertiary/aromatic N) is 5. The molecule has 0 saturated heterocycles. The fraction of sp³-hybridized carbons (Fsp3) is 0.250. The number of ether oxygens (including phenoxy) is 1. The van der Waals surface area contributed by atoms with Gasteiger partial charge in [-0.25, -0.2) is 0 Å². The highest BCUT2D eigenvalue weighted by Gasteiger charge is 2.15. The highest BCUT2D eigenvalue weighted by Crippen LogP contribution is 2.27. The van der Waals surface area contributed by atoms with Gasteiger partial charge in [-0.2, -0.15) is 9.78 Å². The van der Waals surface area contributed by atoms with Crippen molar-refractivity contribution in [3.05, 3.63) is 74.6 Å². The van der Waals surface area contributed by atoms with Gasteiger partial charge in [-0.3, -0.25) is 10.1 Å². The van der Waals surface area contributed by atoms with Crippen molar-refractivity contribution in [2.24, 2.45) is 5.10 Å². The average Bonchev–Trinajstić information content (AvgIpc) is 3.13. The van der Waals surface area contributed by atoms with Crippen molar-refractivity contribution >= 4 is 35.3 Å². The van der Waals surface area contributed by atoms with Crippen LogP contribution in [0, 0.1) is 10.1 Å². The van der Waals surface area contributed by atoms with Gasteiger partial charge in [-0.15, -0.1) is 10.2 Å². The summed E-state index contributed by atoms with van der Waals surface area (Å²) in [5, 5.41) is 25.6. The number of hydrogen-bond donors (Lipinski definition) is 0. The predicted molar refractivity (Wildman–Crippen MR) is 118 cm³/mol. The van der Waals surface area contributed by atoms with E-state index in [4.69, 9.17) is 16.3 Å². The molecule has 0 unspecified atom stereocenters. The summed E-state index contributed by atoms with van der Waals surface area (Å²) in [6.45, 7) is 2.05. The van der Waals surface area contributed by atoms with Crippen LogP contribution >= 0.6 is 23.4 Å². The second-order valence-corrected chi connectivity index (χ2v) is 7.69. The van der Waals surface area contributed by atoms with Crippen LogP contribution in [0.25, 0.3) is 0 Å². The molecule has 10 heteroatoms. The second kappa shape index (κ2) is 10.2. The maximum absolute atomic E-state index is 11.2. The highest BCUT2D eigenvalue weighted by molar-refractivity contribution is 7.98. The lowest BCUT2D eigenvalue weighted by molar-refractivity contribution is -0.385. The van der Waals surface area contributed by atoms with Gasteiger partial charge in [-0.05, 0) is 36.2 Å². The molecule has 0 amide bonds. The molecule has 0 aliphatic rings. The Balaban J connectivity index is 1.85. The van der Waals surface area contributed by atoms with Crippen molar-refractivity contribution in [2.45, 2.75) is 30.7 Å². The summed E-state index contributed by atoms with van der Waals surface area (Å²) >= 11 is 7.45. The van der Waals surface area contributed by atoms with Crippen LogP contribution in [0.5, 0.6) is 5.75 Å². The molecule has 0 bridgehead atoms. The Morgan fingerprint density at radius 2 is 2.03 bits per heavy atom. The van der Waals surface area contributed by atoms with E-state index in [-0.39, 0.29) is 11.4 Å². The molecule has 0 aliphatic heterocycles. The number of thioether (sulfide) groups is 1. The molecule has 0 fully saturated rings. The molecule has 3 aromatic rings. The number of benzene rings is 2. The van der Waals surface area contributed by atoms with E-state index in [1.807, 2.05) is 24.3 Å². The number of nitro groups is 1. The van der Waals surface area contributed by atoms with E-state index >= 15 is 0 Å². The van der Waals surface area contributed by atoms with Gasteiger partial charge in [0, 0.05) is 28.8 Å². The summed E-state index contributed by atoms with van der Waals surface area (Å²) in [5.41, 5.74) is 1.56. The van der Waals surface area contributed by atoms with E-state index in [2.05, 4.69) is 22.2 Å². The van der Waals surface area contributed by atoms with Crippen molar-refractivity contribution in [1.82, 2.24) is 14.9 Å². The minimum Gasteiger partial charge on any atom is -0.490 e. The number of aryl methyl sites for hydroxylation is 1. The third-order valence-corrected chi connectivity index (χ3v) is 5.40. The summed E-state index contributed by atoms with van der Waals surface area (Å²) in [6.07, 6.45) is 3.17. The Bertz CT molecular complexity index is 1050. The van der Waals surface area contributed by atoms with Gasteiger partial charge in [0.1, 0.15) is 0 Å². The van der Waals surface area contributed by atoms with E-state index in [0.29, 0.717) is 27.9 Å². The summed E-state index contributed by atoms with van der Waals surface area (Å²) in [7, 11) is 1.40. The molecular formula is C20H20ClN5O3S. The Labute approximate surface area is 183 Å². The molecule has 1 heterocycles. The maximum Gasteiger partial charge on any atom is 0.311 e. The topological polar surface area (TPSA) is 95.4 Å². The summed E-state index contributed by atoms with van der Waals surface area (Å²) in [5.74, 6) is 1.62. The van der Waals surface area contributed by atoms with E-state index in [1.54, 1.807) is 23.0 Å². The lowest BCUT2D eigenvalue weighted by Gasteiger charge is -2.05. The van der Waals surface area contributed by atoms with Crippen LogP contribution in [0.4, 0.5) is 5.69 Å². The quantitative estimate of drug-likeness (QED) is 0.199. The minimum absolute atomic E-state index is 0.115. The summed E-state index contributed by atoms with van der Waals surface area (Å²) < 4.78 is 6.72. The van der Waals surface area contributed by atoms with Gasteiger partial charge < -0.3 is 4.74 Å². The first-order valence-electron chi connectivity index (χ1n) is 9.20. The monoisotopic (exact) mass is 445 g/mol. The third kappa shape index (κ3) is 5.37. The zero-order valence-electron chi connectivity index (χ0n) is 16.5. The van der Waals surface area contributed by atoms with E-state index < -0.39 is 4.92 Å². The van der Waals surface area contributed by atoms with Crippen molar-refractivity contribution in [2.75, 3.05) is 7.11 Å². The molecule has 30 heavy (non-hydrogen) atoms. The number of rotatable bonds is 9. The lowest BCUT2D eigenvalue weighted by atomic mass is 10.2. The molecule has 2 aromatic carbocycles. The Morgan fingerprint density at radius 1 is 1.27 bits per heavy atom. The molecule has 0 radical (unpaired) electrons. The van der Waals surface area contributed by atoms with Crippen LogP contribution in [-0.2, 0) is 12.2 Å². The van der Waals surface area contributed by atoms with Crippen LogP contribution in [0.1, 0.15) is 30.3 Å². The predicted octanol–water partition coefficient (Wildman–Crippen LogP) is 4.98. The summed E-state index contributed by atoms with van der Waals surface area (Å²) in [4.78, 5) is 10.8. The zero-order valence-corrected chi connectivity index (χ0v) is 18.1. The van der Waals surface area contributed by atoms with Crippen molar-refractivity contribution in [3.63, 3.8) is 0 Å². The fourth-order valence-corrected chi connectivity index (χ4v) is 3.65. The SMILES string of the molecule is CCCc1nnc(SCc2ccc(Cl)cc2)n1/N=C/c1ccc(OC)c([N+](=O)[O-])c1.